The highest BCUT2D eigenvalue weighted by Crippen LogP contribution is 2.40. The van der Waals surface area contributed by atoms with Crippen LogP contribution in [0, 0.1) is 6.92 Å². The summed E-state index contributed by atoms with van der Waals surface area (Å²) in [6.07, 6.45) is 0.218. The largest absolute Gasteiger partial charge is 0.454 e. The Kier molecular flexibility index (Phi) is 5.18. The number of nitrogens with zero attached hydrogens (tertiary/aromatic N) is 2. The van der Waals surface area contributed by atoms with Crippen molar-refractivity contribution in [3.05, 3.63) is 59.2 Å². The minimum absolute atomic E-state index is 0.0837. The highest BCUT2D eigenvalue weighted by atomic mass is 32.2. The molecule has 2 aromatic rings. The van der Waals surface area contributed by atoms with Crippen molar-refractivity contribution in [1.82, 2.24) is 4.90 Å². The normalized spacial score (nSPS) is 24.5. The maximum atomic E-state index is 12.7. The van der Waals surface area contributed by atoms with E-state index in [0.717, 1.165) is 16.7 Å². The topological polar surface area (TPSA) is 85.3 Å². The second kappa shape index (κ2) is 7.87. The lowest BCUT2D eigenvalue weighted by atomic mass is 10.1. The summed E-state index contributed by atoms with van der Waals surface area (Å²) in [5.74, 6) is 1.34. The second-order valence-corrected chi connectivity index (χ2v) is 11.4. The molecule has 0 radical (unpaired) electrons. The predicted octanol–water partition coefficient (Wildman–Crippen LogP) is 2.56. The van der Waals surface area contributed by atoms with Crippen molar-refractivity contribution < 1.29 is 22.7 Å². The van der Waals surface area contributed by atoms with E-state index in [2.05, 4.69) is 4.99 Å². The van der Waals surface area contributed by atoms with E-state index in [0.29, 0.717) is 23.2 Å². The lowest BCUT2D eigenvalue weighted by molar-refractivity contribution is -0.117. The zero-order chi connectivity index (χ0) is 21.6. The molecular formula is C22H22N2O5S2. The number of aryl methyl sites for hydroxylation is 1. The first-order valence-corrected chi connectivity index (χ1v) is 12.8. The number of sulfone groups is 1. The maximum absolute atomic E-state index is 12.7. The lowest BCUT2D eigenvalue weighted by Gasteiger charge is -2.24. The number of aliphatic imine (C=N–C) groups is 1. The van der Waals surface area contributed by atoms with Crippen molar-refractivity contribution in [1.29, 1.82) is 0 Å². The number of amides is 1. The highest BCUT2D eigenvalue weighted by molar-refractivity contribution is 8.15. The average molecular weight is 459 g/mol. The average Bonchev–Trinajstić information content (AvgIpc) is 3.37. The van der Waals surface area contributed by atoms with E-state index in [1.165, 1.54) is 11.8 Å². The molecule has 1 amide bonds. The van der Waals surface area contributed by atoms with Crippen molar-refractivity contribution >= 4 is 32.7 Å². The van der Waals surface area contributed by atoms with E-state index in [9.17, 15) is 13.2 Å². The van der Waals surface area contributed by atoms with Gasteiger partial charge in [-0.3, -0.25) is 4.79 Å². The van der Waals surface area contributed by atoms with Crippen molar-refractivity contribution in [2.45, 2.75) is 31.2 Å². The fourth-order valence-corrected chi connectivity index (χ4v) is 8.05. The van der Waals surface area contributed by atoms with Crippen LogP contribution in [0.15, 0.2) is 47.5 Å². The minimum Gasteiger partial charge on any atom is -0.454 e. The van der Waals surface area contributed by atoms with Crippen molar-refractivity contribution in [3.63, 3.8) is 0 Å². The number of ether oxygens (including phenoxy) is 2. The molecule has 7 nitrogen and oxygen atoms in total. The summed E-state index contributed by atoms with van der Waals surface area (Å²) in [4.78, 5) is 19.0. The summed E-state index contributed by atoms with van der Waals surface area (Å²) in [6, 6.07) is 13.3. The summed E-state index contributed by atoms with van der Waals surface area (Å²) in [7, 11) is -3.09. The number of amidine groups is 1. The fraction of sp³-hybridized carbons (Fsp3) is 0.364. The van der Waals surface area contributed by atoms with Crippen LogP contribution in [0.1, 0.15) is 16.7 Å². The number of carbonyl (C=O) groups is 1. The molecule has 2 saturated heterocycles. The smallest absolute Gasteiger partial charge is 0.252 e. The van der Waals surface area contributed by atoms with Gasteiger partial charge in [0.15, 0.2) is 26.5 Å². The van der Waals surface area contributed by atoms with E-state index in [1.54, 1.807) is 0 Å². The molecule has 2 aromatic carbocycles. The van der Waals surface area contributed by atoms with Crippen LogP contribution >= 0.6 is 11.8 Å². The van der Waals surface area contributed by atoms with E-state index < -0.39 is 9.84 Å². The summed E-state index contributed by atoms with van der Waals surface area (Å²) in [5, 5.41) is 0.490. The van der Waals surface area contributed by atoms with Crippen molar-refractivity contribution in [2.75, 3.05) is 18.3 Å². The van der Waals surface area contributed by atoms with E-state index in [-0.39, 0.29) is 41.9 Å². The van der Waals surface area contributed by atoms with Crippen LogP contribution in [0.3, 0.4) is 0 Å². The van der Waals surface area contributed by atoms with Gasteiger partial charge in [-0.1, -0.05) is 47.7 Å². The molecule has 9 heteroatoms. The van der Waals surface area contributed by atoms with Gasteiger partial charge in [0, 0.05) is 11.8 Å². The third-order valence-electron chi connectivity index (χ3n) is 5.66. The summed E-state index contributed by atoms with van der Waals surface area (Å²) < 4.78 is 35.3. The lowest BCUT2D eigenvalue weighted by Crippen LogP contribution is -2.37. The number of rotatable bonds is 4. The Hall–Kier alpha value is -2.52. The Morgan fingerprint density at radius 2 is 1.84 bits per heavy atom. The van der Waals surface area contributed by atoms with Crippen LogP contribution in [0.2, 0.25) is 0 Å². The zero-order valence-corrected chi connectivity index (χ0v) is 18.6. The Balaban J connectivity index is 1.39. The number of fused-ring (bicyclic) bond motifs is 2. The summed E-state index contributed by atoms with van der Waals surface area (Å²) >= 11 is 1.40. The molecule has 3 aliphatic rings. The third kappa shape index (κ3) is 4.29. The van der Waals surface area contributed by atoms with E-state index in [1.807, 2.05) is 54.3 Å². The Morgan fingerprint density at radius 1 is 1.10 bits per heavy atom. The molecule has 0 aromatic heterocycles. The van der Waals surface area contributed by atoms with Gasteiger partial charge in [0.25, 0.3) is 5.91 Å². The van der Waals surface area contributed by atoms with Crippen molar-refractivity contribution in [3.8, 4) is 11.5 Å². The van der Waals surface area contributed by atoms with E-state index in [4.69, 9.17) is 9.47 Å². The van der Waals surface area contributed by atoms with Gasteiger partial charge in [-0.05, 0) is 30.2 Å². The van der Waals surface area contributed by atoms with E-state index >= 15 is 0 Å². The fourth-order valence-electron chi connectivity index (χ4n) is 4.08. The molecule has 0 aliphatic carbocycles. The van der Waals surface area contributed by atoms with Crippen LogP contribution in [-0.2, 0) is 27.6 Å². The van der Waals surface area contributed by atoms with Crippen LogP contribution in [0.4, 0.5) is 0 Å². The summed E-state index contributed by atoms with van der Waals surface area (Å²) in [5.41, 5.74) is 3.00. The zero-order valence-electron chi connectivity index (χ0n) is 17.0. The SMILES string of the molecule is Cc1ccc(CC(=O)N=C2S[C@H]3CS(=O)(=O)C[C@H]3N2Cc2ccc3c(c2)OCO3)cc1. The number of thioether (sulfide) groups is 1. The molecule has 5 rings (SSSR count). The monoisotopic (exact) mass is 458 g/mol. The Morgan fingerprint density at radius 3 is 2.65 bits per heavy atom. The summed E-state index contributed by atoms with van der Waals surface area (Å²) in [6.45, 7) is 2.65. The van der Waals surface area contributed by atoms with Gasteiger partial charge in [-0.25, -0.2) is 8.42 Å². The second-order valence-electron chi connectivity index (χ2n) is 8.07. The van der Waals surface area contributed by atoms with Crippen molar-refractivity contribution in [2.24, 2.45) is 4.99 Å². The van der Waals surface area contributed by atoms with Crippen LogP contribution < -0.4 is 9.47 Å². The molecule has 2 fully saturated rings. The molecule has 2 atom stereocenters. The quantitative estimate of drug-likeness (QED) is 0.696. The first kappa shape index (κ1) is 20.4. The minimum atomic E-state index is -3.09. The third-order valence-corrected chi connectivity index (χ3v) is 8.91. The van der Waals surface area contributed by atoms with Gasteiger partial charge in [0.05, 0.1) is 24.0 Å². The Bertz CT molecular complexity index is 1160. The molecule has 0 spiro atoms. The molecular weight excluding hydrogens is 436 g/mol. The maximum Gasteiger partial charge on any atom is 0.252 e. The molecule has 0 unspecified atom stereocenters. The predicted molar refractivity (Wildman–Crippen MR) is 119 cm³/mol. The van der Waals surface area contributed by atoms with Gasteiger partial charge >= 0.3 is 0 Å². The molecule has 3 aliphatic heterocycles. The molecule has 0 saturated carbocycles. The molecule has 0 N–H and O–H groups in total. The number of hydrogen-bond acceptors (Lipinski definition) is 6. The van der Waals surface area contributed by atoms with Crippen LogP contribution in [-0.4, -0.2) is 54.0 Å². The first-order chi connectivity index (χ1) is 14.9. The standard InChI is InChI=1S/C22H22N2O5S2/c1-14-2-4-15(5-3-14)9-21(25)23-22-24(17-11-31(26,27)12-20(17)30-22)10-16-6-7-18-19(8-16)29-13-28-18/h2-8,17,20H,9-13H2,1H3/t17-,20+/m1/s1. The van der Waals surface area contributed by atoms with Gasteiger partial charge in [0.1, 0.15) is 0 Å². The van der Waals surface area contributed by atoms with Gasteiger partial charge in [0.2, 0.25) is 6.79 Å². The molecule has 0 bridgehead atoms. The van der Waals surface area contributed by atoms with Gasteiger partial charge < -0.3 is 14.4 Å². The first-order valence-electron chi connectivity index (χ1n) is 10.1. The van der Waals surface area contributed by atoms with Gasteiger partial charge in [-0.2, -0.15) is 4.99 Å². The van der Waals surface area contributed by atoms with Crippen LogP contribution in [0.5, 0.6) is 11.5 Å². The molecule has 31 heavy (non-hydrogen) atoms. The molecule has 3 heterocycles. The van der Waals surface area contributed by atoms with Crippen LogP contribution in [0.25, 0.3) is 0 Å². The number of hydrogen-bond donors (Lipinski definition) is 0. The highest BCUT2D eigenvalue weighted by Gasteiger charge is 2.48. The molecule has 162 valence electrons. The number of carbonyl (C=O) groups excluding carboxylic acids is 1. The Labute approximate surface area is 185 Å². The van der Waals surface area contributed by atoms with Gasteiger partial charge in [-0.15, -0.1) is 0 Å². The number of benzene rings is 2.